The Hall–Kier alpha value is -0.320. The Bertz CT molecular complexity index is 223. The van der Waals surface area contributed by atoms with Gasteiger partial charge in [0, 0.05) is 19.0 Å². The van der Waals surface area contributed by atoms with E-state index in [1.54, 1.807) is 0 Å². The van der Waals surface area contributed by atoms with Gasteiger partial charge in [-0.2, -0.15) is 0 Å². The number of halogens is 1. The van der Waals surface area contributed by atoms with Gasteiger partial charge in [0.15, 0.2) is 0 Å². The van der Waals surface area contributed by atoms with Crippen LogP contribution < -0.4 is 0 Å². The summed E-state index contributed by atoms with van der Waals surface area (Å²) in [5.41, 5.74) is -0.602. The molecule has 2 saturated heterocycles. The molecule has 76 valence electrons. The van der Waals surface area contributed by atoms with E-state index in [1.807, 2.05) is 7.05 Å². The summed E-state index contributed by atoms with van der Waals surface area (Å²) in [4.78, 5) is 13.1. The third kappa shape index (κ3) is 1.43. The van der Waals surface area contributed by atoms with Crippen molar-refractivity contribution in [2.75, 3.05) is 33.4 Å². The third-order valence-electron chi connectivity index (χ3n) is 2.97. The van der Waals surface area contributed by atoms with Crippen molar-refractivity contribution in [2.45, 2.75) is 0 Å². The number of carbonyl (C=O) groups is 1. The van der Waals surface area contributed by atoms with Crippen LogP contribution in [-0.2, 0) is 9.53 Å². The lowest BCUT2D eigenvalue weighted by molar-refractivity contribution is -0.149. The van der Waals surface area contributed by atoms with Gasteiger partial charge in [0.2, 0.25) is 0 Å². The highest BCUT2D eigenvalue weighted by molar-refractivity contribution is 5.85. The molecule has 0 aromatic rings. The highest BCUT2D eigenvalue weighted by atomic mass is 35.5. The molecule has 0 aliphatic carbocycles. The quantitative estimate of drug-likeness (QED) is 0.661. The monoisotopic (exact) mass is 207 g/mol. The molecule has 0 aromatic heterocycles. The number of fused-ring (bicyclic) bond motifs is 1. The van der Waals surface area contributed by atoms with Crippen molar-refractivity contribution in [1.29, 1.82) is 0 Å². The Kier molecular flexibility index (Phi) is 2.85. The van der Waals surface area contributed by atoms with E-state index in [0.29, 0.717) is 19.8 Å². The third-order valence-corrected chi connectivity index (χ3v) is 2.97. The normalized spacial score (nSPS) is 38.4. The average Bonchev–Trinajstić information content (AvgIpc) is 2.42. The molecule has 0 radical (unpaired) electrons. The van der Waals surface area contributed by atoms with Gasteiger partial charge in [-0.25, -0.2) is 0 Å². The number of aliphatic carboxylic acids is 1. The number of carboxylic acids is 1. The summed E-state index contributed by atoms with van der Waals surface area (Å²) in [6, 6.07) is 0. The molecule has 2 rings (SSSR count). The fourth-order valence-electron chi connectivity index (χ4n) is 2.29. The molecule has 0 aromatic carbocycles. The van der Waals surface area contributed by atoms with E-state index in [2.05, 4.69) is 4.90 Å². The summed E-state index contributed by atoms with van der Waals surface area (Å²) in [6.07, 6.45) is 0. The van der Waals surface area contributed by atoms with Gasteiger partial charge in [0.1, 0.15) is 5.41 Å². The predicted molar refractivity (Wildman–Crippen MR) is 49.1 cm³/mol. The van der Waals surface area contributed by atoms with E-state index in [1.165, 1.54) is 0 Å². The highest BCUT2D eigenvalue weighted by Gasteiger charge is 2.55. The van der Waals surface area contributed by atoms with Gasteiger partial charge >= 0.3 is 5.97 Å². The van der Waals surface area contributed by atoms with Crippen molar-refractivity contribution in [2.24, 2.45) is 11.3 Å². The topological polar surface area (TPSA) is 49.8 Å². The van der Waals surface area contributed by atoms with Crippen LogP contribution in [0, 0.1) is 11.3 Å². The first-order valence-corrected chi connectivity index (χ1v) is 4.15. The van der Waals surface area contributed by atoms with Crippen molar-refractivity contribution in [3.8, 4) is 0 Å². The lowest BCUT2D eigenvalue weighted by Crippen LogP contribution is -2.38. The number of ether oxygens (including phenoxy) is 1. The fraction of sp³-hybridized carbons (Fsp3) is 0.875. The summed E-state index contributed by atoms with van der Waals surface area (Å²) in [5.74, 6) is -0.505. The minimum absolute atomic E-state index is 0. The Balaban J connectivity index is 0.000000845. The smallest absolute Gasteiger partial charge is 0.313 e. The Morgan fingerprint density at radius 3 is 2.92 bits per heavy atom. The van der Waals surface area contributed by atoms with Crippen molar-refractivity contribution >= 4 is 18.4 Å². The predicted octanol–water partition coefficient (Wildman–Crippen LogP) is 0.0710. The summed E-state index contributed by atoms with van der Waals surface area (Å²) in [7, 11) is 1.96. The van der Waals surface area contributed by atoms with Crippen LogP contribution in [0.15, 0.2) is 0 Å². The molecule has 5 heteroatoms. The zero-order valence-corrected chi connectivity index (χ0v) is 8.34. The minimum atomic E-state index is -0.700. The standard InChI is InChI=1S/C8H13NO3.ClH/c1-9-2-6-3-12-5-8(6,4-9)7(10)11;/h6H,2-5H2,1H3,(H,10,11);1H/t6-,8-;/m1./s1. The van der Waals surface area contributed by atoms with Crippen molar-refractivity contribution in [1.82, 2.24) is 4.90 Å². The molecule has 1 N–H and O–H groups in total. The molecule has 0 amide bonds. The maximum absolute atomic E-state index is 11.0. The van der Waals surface area contributed by atoms with Crippen LogP contribution in [0.1, 0.15) is 0 Å². The molecular weight excluding hydrogens is 194 g/mol. The number of likely N-dealkylation sites (tertiary alicyclic amines) is 1. The lowest BCUT2D eigenvalue weighted by Gasteiger charge is -2.20. The van der Waals surface area contributed by atoms with Gasteiger partial charge in [0.25, 0.3) is 0 Å². The average molecular weight is 208 g/mol. The van der Waals surface area contributed by atoms with Crippen LogP contribution in [0.25, 0.3) is 0 Å². The van der Waals surface area contributed by atoms with Gasteiger partial charge in [0.05, 0.1) is 13.2 Å². The second-order valence-electron chi connectivity index (χ2n) is 3.87. The van der Waals surface area contributed by atoms with E-state index in [0.717, 1.165) is 6.54 Å². The molecule has 2 aliphatic rings. The van der Waals surface area contributed by atoms with Gasteiger partial charge in [-0.15, -0.1) is 12.4 Å². The molecule has 2 atom stereocenters. The number of nitrogens with zero attached hydrogens (tertiary/aromatic N) is 1. The van der Waals surface area contributed by atoms with Crippen LogP contribution in [0.2, 0.25) is 0 Å². The molecule has 0 bridgehead atoms. The molecule has 0 spiro atoms. The highest BCUT2D eigenvalue weighted by Crippen LogP contribution is 2.40. The molecule has 2 heterocycles. The number of rotatable bonds is 1. The number of hydrogen-bond acceptors (Lipinski definition) is 3. The fourth-order valence-corrected chi connectivity index (χ4v) is 2.29. The summed E-state index contributed by atoms with van der Waals surface area (Å²) < 4.78 is 5.22. The van der Waals surface area contributed by atoms with E-state index < -0.39 is 11.4 Å². The van der Waals surface area contributed by atoms with E-state index >= 15 is 0 Å². The van der Waals surface area contributed by atoms with Gasteiger partial charge in [-0.1, -0.05) is 0 Å². The number of hydrogen-bond donors (Lipinski definition) is 1. The zero-order valence-electron chi connectivity index (χ0n) is 7.52. The molecule has 0 unspecified atom stereocenters. The van der Waals surface area contributed by atoms with Crippen molar-refractivity contribution < 1.29 is 14.6 Å². The maximum atomic E-state index is 11.0. The molecule has 2 fully saturated rings. The summed E-state index contributed by atoms with van der Waals surface area (Å²) in [6.45, 7) is 2.48. The van der Waals surface area contributed by atoms with Crippen LogP contribution in [-0.4, -0.2) is 49.3 Å². The molecule has 2 aliphatic heterocycles. The van der Waals surface area contributed by atoms with Crippen LogP contribution >= 0.6 is 12.4 Å². The second kappa shape index (κ2) is 3.44. The molecule has 4 nitrogen and oxygen atoms in total. The van der Waals surface area contributed by atoms with Crippen molar-refractivity contribution in [3.63, 3.8) is 0 Å². The maximum Gasteiger partial charge on any atom is 0.313 e. The van der Waals surface area contributed by atoms with Gasteiger partial charge in [-0.05, 0) is 7.05 Å². The Morgan fingerprint density at radius 2 is 2.38 bits per heavy atom. The molecule has 13 heavy (non-hydrogen) atoms. The zero-order chi connectivity index (χ0) is 8.77. The van der Waals surface area contributed by atoms with Crippen LogP contribution in [0.5, 0.6) is 0 Å². The summed E-state index contributed by atoms with van der Waals surface area (Å²) in [5, 5.41) is 9.09. The van der Waals surface area contributed by atoms with Crippen LogP contribution in [0.4, 0.5) is 0 Å². The minimum Gasteiger partial charge on any atom is -0.481 e. The largest absolute Gasteiger partial charge is 0.481 e. The Morgan fingerprint density at radius 1 is 1.69 bits per heavy atom. The Labute approximate surface area is 83.3 Å². The first-order chi connectivity index (χ1) is 5.65. The van der Waals surface area contributed by atoms with Gasteiger partial charge in [-0.3, -0.25) is 4.79 Å². The molecule has 0 saturated carbocycles. The van der Waals surface area contributed by atoms with Crippen molar-refractivity contribution in [3.05, 3.63) is 0 Å². The second-order valence-corrected chi connectivity index (χ2v) is 3.87. The van der Waals surface area contributed by atoms with E-state index in [9.17, 15) is 4.79 Å². The molecular formula is C8H14ClNO3. The van der Waals surface area contributed by atoms with E-state index in [-0.39, 0.29) is 18.3 Å². The SMILES string of the molecule is CN1C[C@@H]2COC[C@]2(C(=O)O)C1.Cl. The lowest BCUT2D eigenvalue weighted by atomic mass is 9.81. The first kappa shape index (κ1) is 10.8. The number of carboxylic acid groups (broad SMARTS) is 1. The van der Waals surface area contributed by atoms with Crippen LogP contribution in [0.3, 0.4) is 0 Å². The first-order valence-electron chi connectivity index (χ1n) is 4.15. The van der Waals surface area contributed by atoms with Gasteiger partial charge < -0.3 is 14.7 Å². The van der Waals surface area contributed by atoms with E-state index in [4.69, 9.17) is 9.84 Å². The summed E-state index contributed by atoms with van der Waals surface area (Å²) >= 11 is 0.